The Bertz CT molecular complexity index is 527. The summed E-state index contributed by atoms with van der Waals surface area (Å²) in [4.78, 5) is 9.80. The molecule has 0 spiro atoms. The quantitative estimate of drug-likeness (QED) is 0.484. The van der Waals surface area contributed by atoms with Crippen LogP contribution in [0.5, 0.6) is 0 Å². The largest absolute Gasteiger partial charge is 0.379 e. The summed E-state index contributed by atoms with van der Waals surface area (Å²) in [7, 11) is 0. The molecule has 152 valence electrons. The van der Waals surface area contributed by atoms with E-state index in [1.54, 1.807) is 0 Å². The molecule has 6 heteroatoms. The van der Waals surface area contributed by atoms with Crippen LogP contribution in [0.1, 0.15) is 32.4 Å². The number of ether oxygens (including phenoxy) is 1. The molecule has 1 aliphatic rings. The van der Waals surface area contributed by atoms with Crippen molar-refractivity contribution in [3.05, 3.63) is 35.9 Å². The number of guanidine groups is 1. The Labute approximate surface area is 165 Å². The highest BCUT2D eigenvalue weighted by atomic mass is 16.5. The maximum atomic E-state index is 5.41. The molecule has 0 radical (unpaired) electrons. The number of aliphatic imine (C=N–C) groups is 1. The molecule has 2 rings (SSSR count). The number of hydrogen-bond donors (Lipinski definition) is 2. The highest BCUT2D eigenvalue weighted by Gasteiger charge is 2.17. The zero-order valence-corrected chi connectivity index (χ0v) is 17.3. The normalized spacial score (nSPS) is 17.1. The maximum absolute atomic E-state index is 5.41. The fourth-order valence-corrected chi connectivity index (χ4v) is 3.45. The van der Waals surface area contributed by atoms with Crippen LogP contribution in [-0.4, -0.2) is 81.3 Å². The predicted octanol–water partition coefficient (Wildman–Crippen LogP) is 1.96. The van der Waals surface area contributed by atoms with Gasteiger partial charge in [-0.05, 0) is 25.6 Å². The van der Waals surface area contributed by atoms with Crippen LogP contribution in [-0.2, 0) is 4.74 Å². The van der Waals surface area contributed by atoms with Gasteiger partial charge in [0.2, 0.25) is 0 Å². The third-order valence-corrected chi connectivity index (χ3v) is 5.03. The van der Waals surface area contributed by atoms with E-state index in [0.29, 0.717) is 6.04 Å². The third kappa shape index (κ3) is 7.48. The summed E-state index contributed by atoms with van der Waals surface area (Å²) in [6.45, 7) is 15.8. The minimum atomic E-state index is 0.302. The fraction of sp³-hybridized carbons (Fsp3) is 0.667. The Morgan fingerprint density at radius 1 is 1.11 bits per heavy atom. The highest BCUT2D eigenvalue weighted by Crippen LogP contribution is 2.20. The Morgan fingerprint density at radius 2 is 1.81 bits per heavy atom. The standard InChI is InChI=1S/C21H37N5O/c1-4-22-21(23-12-13-25-14-16-27-17-15-25)24-18-20(26(5-2)6-3)19-10-8-7-9-11-19/h7-11,20H,4-6,12-18H2,1-3H3,(H2,22,23,24). The Morgan fingerprint density at radius 3 is 2.44 bits per heavy atom. The first-order valence-corrected chi connectivity index (χ1v) is 10.4. The number of nitrogens with one attached hydrogen (secondary N) is 2. The molecule has 1 aromatic rings. The van der Waals surface area contributed by atoms with E-state index in [1.165, 1.54) is 5.56 Å². The summed E-state index contributed by atoms with van der Waals surface area (Å²) < 4.78 is 5.41. The number of hydrogen-bond acceptors (Lipinski definition) is 4. The lowest BCUT2D eigenvalue weighted by Gasteiger charge is -2.29. The van der Waals surface area contributed by atoms with Gasteiger partial charge in [-0.1, -0.05) is 44.2 Å². The van der Waals surface area contributed by atoms with Gasteiger partial charge in [-0.2, -0.15) is 0 Å². The van der Waals surface area contributed by atoms with Crippen LogP contribution in [0, 0.1) is 0 Å². The van der Waals surface area contributed by atoms with Gasteiger partial charge >= 0.3 is 0 Å². The van der Waals surface area contributed by atoms with Gasteiger partial charge < -0.3 is 15.4 Å². The second-order valence-corrected chi connectivity index (χ2v) is 6.75. The van der Waals surface area contributed by atoms with E-state index in [9.17, 15) is 0 Å². The Hall–Kier alpha value is -1.63. The summed E-state index contributed by atoms with van der Waals surface area (Å²) in [5, 5.41) is 6.87. The predicted molar refractivity (Wildman–Crippen MR) is 113 cm³/mol. The monoisotopic (exact) mass is 375 g/mol. The summed E-state index contributed by atoms with van der Waals surface area (Å²) >= 11 is 0. The lowest BCUT2D eigenvalue weighted by Crippen LogP contribution is -2.44. The fourth-order valence-electron chi connectivity index (χ4n) is 3.45. The molecule has 0 aromatic heterocycles. The molecule has 0 aliphatic carbocycles. The summed E-state index contributed by atoms with van der Waals surface area (Å²) in [5.41, 5.74) is 1.33. The first kappa shape index (κ1) is 21.7. The highest BCUT2D eigenvalue weighted by molar-refractivity contribution is 5.79. The summed E-state index contributed by atoms with van der Waals surface area (Å²) in [6.07, 6.45) is 0. The molecule has 1 aliphatic heterocycles. The number of nitrogens with zero attached hydrogens (tertiary/aromatic N) is 3. The van der Waals surface area contributed by atoms with Crippen LogP contribution in [0.4, 0.5) is 0 Å². The Kier molecular flexibility index (Phi) is 10.2. The molecule has 1 saturated heterocycles. The van der Waals surface area contributed by atoms with Gasteiger partial charge in [0.1, 0.15) is 0 Å². The van der Waals surface area contributed by atoms with Gasteiger partial charge in [-0.25, -0.2) is 0 Å². The van der Waals surface area contributed by atoms with Gasteiger partial charge in [0, 0.05) is 32.7 Å². The number of benzene rings is 1. The average Bonchev–Trinajstić information content (AvgIpc) is 2.72. The van der Waals surface area contributed by atoms with Crippen LogP contribution in [0.15, 0.2) is 35.3 Å². The van der Waals surface area contributed by atoms with Gasteiger partial charge in [0.25, 0.3) is 0 Å². The number of rotatable bonds is 10. The third-order valence-electron chi connectivity index (χ3n) is 5.03. The first-order valence-electron chi connectivity index (χ1n) is 10.4. The van der Waals surface area contributed by atoms with E-state index >= 15 is 0 Å². The van der Waals surface area contributed by atoms with Crippen LogP contribution < -0.4 is 10.6 Å². The van der Waals surface area contributed by atoms with E-state index in [-0.39, 0.29) is 0 Å². The van der Waals surface area contributed by atoms with Gasteiger partial charge in [0.05, 0.1) is 25.8 Å². The molecule has 0 saturated carbocycles. The first-order chi connectivity index (χ1) is 13.3. The van der Waals surface area contributed by atoms with E-state index in [0.717, 1.165) is 71.5 Å². The van der Waals surface area contributed by atoms with Crippen molar-refractivity contribution in [2.24, 2.45) is 4.99 Å². The molecule has 6 nitrogen and oxygen atoms in total. The van der Waals surface area contributed by atoms with Crippen LogP contribution in [0.3, 0.4) is 0 Å². The van der Waals surface area contributed by atoms with Crippen molar-refractivity contribution in [2.75, 3.05) is 65.6 Å². The van der Waals surface area contributed by atoms with Crippen LogP contribution in [0.25, 0.3) is 0 Å². The van der Waals surface area contributed by atoms with E-state index < -0.39 is 0 Å². The van der Waals surface area contributed by atoms with Crippen LogP contribution in [0.2, 0.25) is 0 Å². The molecule has 0 bridgehead atoms. The molecular weight excluding hydrogens is 338 g/mol. The average molecular weight is 376 g/mol. The van der Waals surface area contributed by atoms with Crippen LogP contribution >= 0.6 is 0 Å². The molecule has 2 N–H and O–H groups in total. The summed E-state index contributed by atoms with van der Waals surface area (Å²) in [6, 6.07) is 11.0. The lowest BCUT2D eigenvalue weighted by atomic mass is 10.1. The van der Waals surface area contributed by atoms with Gasteiger partial charge in [-0.15, -0.1) is 0 Å². The number of likely N-dealkylation sites (N-methyl/N-ethyl adjacent to an activating group) is 1. The topological polar surface area (TPSA) is 52.1 Å². The zero-order chi connectivity index (χ0) is 19.3. The van der Waals surface area contributed by atoms with E-state index in [1.807, 2.05) is 0 Å². The molecule has 1 aromatic carbocycles. The van der Waals surface area contributed by atoms with Gasteiger partial charge in [0.15, 0.2) is 5.96 Å². The second kappa shape index (κ2) is 12.7. The summed E-state index contributed by atoms with van der Waals surface area (Å²) in [5.74, 6) is 0.902. The van der Waals surface area contributed by atoms with Gasteiger partial charge in [-0.3, -0.25) is 14.8 Å². The van der Waals surface area contributed by atoms with Crippen molar-refractivity contribution in [2.45, 2.75) is 26.8 Å². The molecule has 1 fully saturated rings. The molecule has 0 amide bonds. The smallest absolute Gasteiger partial charge is 0.191 e. The van der Waals surface area contributed by atoms with E-state index in [2.05, 4.69) is 71.5 Å². The minimum Gasteiger partial charge on any atom is -0.379 e. The molecule has 1 unspecified atom stereocenters. The van der Waals surface area contributed by atoms with Crippen molar-refractivity contribution in [1.29, 1.82) is 0 Å². The van der Waals surface area contributed by atoms with Crippen molar-refractivity contribution >= 4 is 5.96 Å². The van der Waals surface area contributed by atoms with E-state index in [4.69, 9.17) is 9.73 Å². The Balaban J connectivity index is 1.96. The zero-order valence-electron chi connectivity index (χ0n) is 17.3. The maximum Gasteiger partial charge on any atom is 0.191 e. The molecule has 27 heavy (non-hydrogen) atoms. The molecule has 1 heterocycles. The minimum absolute atomic E-state index is 0.302. The lowest BCUT2D eigenvalue weighted by molar-refractivity contribution is 0.0389. The van der Waals surface area contributed by atoms with Crippen molar-refractivity contribution in [3.63, 3.8) is 0 Å². The van der Waals surface area contributed by atoms with Crippen molar-refractivity contribution < 1.29 is 4.74 Å². The second-order valence-electron chi connectivity index (χ2n) is 6.75. The molecular formula is C21H37N5O. The molecule has 1 atom stereocenters. The van der Waals surface area contributed by atoms with Crippen molar-refractivity contribution in [3.8, 4) is 0 Å². The van der Waals surface area contributed by atoms with Crippen molar-refractivity contribution in [1.82, 2.24) is 20.4 Å². The SMILES string of the molecule is CCNC(=NCC(c1ccccc1)N(CC)CC)NCCN1CCOCC1. The number of morpholine rings is 1.